The van der Waals surface area contributed by atoms with Crippen LogP contribution < -0.4 is 0 Å². The molecule has 0 aliphatic carbocycles. The van der Waals surface area contributed by atoms with Crippen LogP contribution in [0.5, 0.6) is 0 Å². The predicted molar refractivity (Wildman–Crippen MR) is 60.9 cm³/mol. The van der Waals surface area contributed by atoms with E-state index in [4.69, 9.17) is 9.47 Å². The average molecular weight is 228 g/mol. The summed E-state index contributed by atoms with van der Waals surface area (Å²) in [6, 6.07) is 0. The van der Waals surface area contributed by atoms with Gasteiger partial charge in [-0.2, -0.15) is 0 Å². The lowest BCUT2D eigenvalue weighted by molar-refractivity contribution is -0.175. The third kappa shape index (κ3) is 5.53. The van der Waals surface area contributed by atoms with Crippen molar-refractivity contribution in [1.82, 2.24) is 0 Å². The molecular formula is C12H20O4. The lowest BCUT2D eigenvalue weighted by Gasteiger charge is -2.22. The van der Waals surface area contributed by atoms with Crippen LogP contribution in [0.25, 0.3) is 0 Å². The predicted octanol–water partition coefficient (Wildman–Crippen LogP) is 2.23. The first-order chi connectivity index (χ1) is 7.44. The average Bonchev–Trinajstić information content (AvgIpc) is 2.22. The maximum absolute atomic E-state index is 11.5. The quantitative estimate of drug-likeness (QED) is 0.516. The van der Waals surface area contributed by atoms with Crippen molar-refractivity contribution in [3.63, 3.8) is 0 Å². The lowest BCUT2D eigenvalue weighted by Crippen LogP contribution is -2.38. The van der Waals surface area contributed by atoms with Gasteiger partial charge in [0.25, 0.3) is 0 Å². The first-order valence-corrected chi connectivity index (χ1v) is 5.50. The van der Waals surface area contributed by atoms with Crippen LogP contribution in [0.3, 0.4) is 0 Å². The van der Waals surface area contributed by atoms with E-state index in [1.54, 1.807) is 6.08 Å². The molecule has 16 heavy (non-hydrogen) atoms. The monoisotopic (exact) mass is 228 g/mol. The minimum absolute atomic E-state index is 0.338. The van der Waals surface area contributed by atoms with Crippen LogP contribution in [0.1, 0.15) is 40.5 Å². The number of hydrogen-bond acceptors (Lipinski definition) is 4. The molecule has 4 heteroatoms. The molecule has 4 nitrogen and oxygen atoms in total. The molecule has 0 bridgehead atoms. The highest BCUT2D eigenvalue weighted by molar-refractivity contribution is 5.87. The summed E-state index contributed by atoms with van der Waals surface area (Å²) in [6.45, 7) is 7.18. The minimum Gasteiger partial charge on any atom is -0.463 e. The summed E-state index contributed by atoms with van der Waals surface area (Å²) in [5.41, 5.74) is -1.23. The molecule has 0 N–H and O–H groups in total. The van der Waals surface area contributed by atoms with E-state index in [1.807, 2.05) is 13.8 Å². The Bertz CT molecular complexity index is 266. The smallest absolute Gasteiger partial charge is 0.350 e. The van der Waals surface area contributed by atoms with E-state index in [9.17, 15) is 9.59 Å². The van der Waals surface area contributed by atoms with E-state index in [0.29, 0.717) is 6.61 Å². The lowest BCUT2D eigenvalue weighted by atomic mass is 10.1. The molecule has 0 unspecified atom stereocenters. The zero-order chi connectivity index (χ0) is 12.6. The van der Waals surface area contributed by atoms with E-state index in [2.05, 4.69) is 0 Å². The Morgan fingerprint density at radius 2 is 1.88 bits per heavy atom. The molecule has 0 spiro atoms. The fourth-order valence-corrected chi connectivity index (χ4v) is 0.910. The normalized spacial score (nSPS) is 11.5. The van der Waals surface area contributed by atoms with Crippen molar-refractivity contribution >= 4 is 11.9 Å². The summed E-state index contributed by atoms with van der Waals surface area (Å²) in [6.07, 6.45) is 4.48. The van der Waals surface area contributed by atoms with E-state index in [0.717, 1.165) is 12.8 Å². The van der Waals surface area contributed by atoms with Crippen LogP contribution in [0.2, 0.25) is 0 Å². The van der Waals surface area contributed by atoms with Gasteiger partial charge in [0.05, 0.1) is 6.61 Å². The van der Waals surface area contributed by atoms with Gasteiger partial charge < -0.3 is 9.47 Å². The first-order valence-electron chi connectivity index (χ1n) is 5.50. The number of ether oxygens (including phenoxy) is 2. The maximum Gasteiger partial charge on any atom is 0.350 e. The van der Waals surface area contributed by atoms with Gasteiger partial charge in [-0.05, 0) is 26.7 Å². The van der Waals surface area contributed by atoms with Crippen LogP contribution in [-0.4, -0.2) is 24.1 Å². The molecular weight excluding hydrogens is 208 g/mol. The molecule has 0 radical (unpaired) electrons. The molecule has 92 valence electrons. The van der Waals surface area contributed by atoms with Gasteiger partial charge in [-0.1, -0.05) is 19.9 Å². The number of esters is 2. The first kappa shape index (κ1) is 14.7. The van der Waals surface area contributed by atoms with Crippen molar-refractivity contribution in [3.05, 3.63) is 12.2 Å². The largest absolute Gasteiger partial charge is 0.463 e. The SMILES string of the molecule is CCC=CC(=O)OC(C)(C)C(=O)OCCC. The fraction of sp³-hybridized carbons (Fsp3) is 0.667. The Morgan fingerprint density at radius 1 is 1.25 bits per heavy atom. The van der Waals surface area contributed by atoms with Crippen molar-refractivity contribution in [3.8, 4) is 0 Å². The van der Waals surface area contributed by atoms with E-state index in [1.165, 1.54) is 19.9 Å². The van der Waals surface area contributed by atoms with E-state index < -0.39 is 17.5 Å². The van der Waals surface area contributed by atoms with Gasteiger partial charge >= 0.3 is 11.9 Å². The van der Waals surface area contributed by atoms with Gasteiger partial charge in [0.15, 0.2) is 0 Å². The van der Waals surface area contributed by atoms with Crippen molar-refractivity contribution in [2.45, 2.75) is 46.1 Å². The van der Waals surface area contributed by atoms with E-state index >= 15 is 0 Å². The molecule has 0 fully saturated rings. The Morgan fingerprint density at radius 3 is 2.38 bits per heavy atom. The van der Waals surface area contributed by atoms with Crippen LogP contribution >= 0.6 is 0 Å². The molecule has 0 atom stereocenters. The van der Waals surface area contributed by atoms with Gasteiger partial charge in [0.2, 0.25) is 5.60 Å². The van der Waals surface area contributed by atoms with Crippen LogP contribution in [0.15, 0.2) is 12.2 Å². The van der Waals surface area contributed by atoms with Gasteiger partial charge in [0, 0.05) is 6.08 Å². The molecule has 0 rings (SSSR count). The van der Waals surface area contributed by atoms with Gasteiger partial charge in [0.1, 0.15) is 0 Å². The Hall–Kier alpha value is -1.32. The molecule has 0 aliphatic rings. The van der Waals surface area contributed by atoms with Crippen molar-refractivity contribution in [1.29, 1.82) is 0 Å². The third-order valence-corrected chi connectivity index (χ3v) is 1.77. The topological polar surface area (TPSA) is 52.6 Å². The van der Waals surface area contributed by atoms with Gasteiger partial charge in [-0.3, -0.25) is 0 Å². The second-order valence-electron chi connectivity index (χ2n) is 3.88. The number of rotatable bonds is 6. The van der Waals surface area contributed by atoms with Crippen LogP contribution in [0.4, 0.5) is 0 Å². The van der Waals surface area contributed by atoms with Crippen LogP contribution in [-0.2, 0) is 19.1 Å². The Kier molecular flexibility index (Phi) is 6.46. The minimum atomic E-state index is -1.23. The molecule has 0 aliphatic heterocycles. The summed E-state index contributed by atoms with van der Waals surface area (Å²) in [5.74, 6) is -1.05. The molecule has 0 amide bonds. The number of carbonyl (C=O) groups is 2. The summed E-state index contributed by atoms with van der Waals surface area (Å²) >= 11 is 0. The van der Waals surface area contributed by atoms with Crippen molar-refractivity contribution < 1.29 is 19.1 Å². The molecule has 0 saturated carbocycles. The molecule has 0 heterocycles. The third-order valence-electron chi connectivity index (χ3n) is 1.77. The summed E-state index contributed by atoms with van der Waals surface area (Å²) in [5, 5.41) is 0. The van der Waals surface area contributed by atoms with Gasteiger partial charge in [-0.25, -0.2) is 9.59 Å². The number of hydrogen-bond donors (Lipinski definition) is 0. The standard InChI is InChI=1S/C12H20O4/c1-5-7-8-10(13)16-12(3,4)11(14)15-9-6-2/h7-8H,5-6,9H2,1-4H3. The molecule has 0 saturated heterocycles. The zero-order valence-electron chi connectivity index (χ0n) is 10.4. The summed E-state index contributed by atoms with van der Waals surface area (Å²) < 4.78 is 9.92. The highest BCUT2D eigenvalue weighted by Gasteiger charge is 2.32. The number of allylic oxidation sites excluding steroid dienone is 1. The maximum atomic E-state index is 11.5. The fourth-order valence-electron chi connectivity index (χ4n) is 0.910. The highest BCUT2D eigenvalue weighted by Crippen LogP contribution is 2.12. The summed E-state index contributed by atoms with van der Waals surface area (Å²) in [4.78, 5) is 22.8. The zero-order valence-corrected chi connectivity index (χ0v) is 10.4. The van der Waals surface area contributed by atoms with E-state index in [-0.39, 0.29) is 0 Å². The Labute approximate surface area is 96.6 Å². The highest BCUT2D eigenvalue weighted by atomic mass is 16.6. The Balaban J connectivity index is 4.26. The van der Waals surface area contributed by atoms with Gasteiger partial charge in [-0.15, -0.1) is 0 Å². The van der Waals surface area contributed by atoms with Crippen molar-refractivity contribution in [2.75, 3.05) is 6.61 Å². The van der Waals surface area contributed by atoms with Crippen LogP contribution in [0, 0.1) is 0 Å². The second kappa shape index (κ2) is 7.04. The molecule has 0 aromatic rings. The second-order valence-corrected chi connectivity index (χ2v) is 3.88. The molecule has 0 aromatic heterocycles. The van der Waals surface area contributed by atoms with Crippen molar-refractivity contribution in [2.24, 2.45) is 0 Å². The number of carbonyl (C=O) groups excluding carboxylic acids is 2. The summed E-state index contributed by atoms with van der Waals surface area (Å²) in [7, 11) is 0. The molecule has 0 aromatic carbocycles.